The largest absolute Gasteiger partial charge is 0.452 e. The van der Waals surface area contributed by atoms with E-state index in [-0.39, 0.29) is 4.92 Å². The fraction of sp³-hybridized carbons (Fsp3) is 0.769. The van der Waals surface area contributed by atoms with E-state index in [9.17, 15) is 14.9 Å². The van der Waals surface area contributed by atoms with E-state index in [1.165, 1.54) is 0 Å². The molecule has 0 saturated heterocycles. The lowest BCUT2D eigenvalue weighted by molar-refractivity contribution is -0.534. The molecule has 0 aliphatic rings. The number of hydrogen-bond donors (Lipinski definition) is 0. The van der Waals surface area contributed by atoms with Crippen molar-refractivity contribution in [1.29, 1.82) is 0 Å². The van der Waals surface area contributed by atoms with Gasteiger partial charge in [0.15, 0.2) is 6.10 Å². The highest BCUT2D eigenvalue weighted by Gasteiger charge is 2.32. The maximum absolute atomic E-state index is 11.6. The van der Waals surface area contributed by atoms with Gasteiger partial charge in [-0.05, 0) is 19.3 Å². The van der Waals surface area contributed by atoms with Crippen LogP contribution in [0.3, 0.4) is 0 Å². The van der Waals surface area contributed by atoms with Crippen molar-refractivity contribution in [1.82, 2.24) is 0 Å². The second kappa shape index (κ2) is 8.66. The summed E-state index contributed by atoms with van der Waals surface area (Å²) >= 11 is 0. The summed E-state index contributed by atoms with van der Waals surface area (Å²) in [5, 5.41) is 10.9. The molecule has 0 bridgehead atoms. The minimum Gasteiger partial charge on any atom is -0.452 e. The number of esters is 1. The topological polar surface area (TPSA) is 69.4 Å². The first kappa shape index (κ1) is 16.6. The molecule has 104 valence electrons. The fourth-order valence-corrected chi connectivity index (χ4v) is 1.65. The molecule has 0 heterocycles. The maximum Gasteiger partial charge on any atom is 0.333 e. The molecule has 0 spiro atoms. The second-order valence-corrected chi connectivity index (χ2v) is 4.30. The second-order valence-electron chi connectivity index (χ2n) is 4.30. The van der Waals surface area contributed by atoms with Crippen LogP contribution in [0.5, 0.6) is 0 Å². The lowest BCUT2D eigenvalue weighted by Crippen LogP contribution is -2.37. The lowest BCUT2D eigenvalue weighted by Gasteiger charge is -2.20. The van der Waals surface area contributed by atoms with Gasteiger partial charge in [-0.1, -0.05) is 33.8 Å². The Morgan fingerprint density at radius 2 is 2.00 bits per heavy atom. The van der Waals surface area contributed by atoms with Gasteiger partial charge in [-0.15, -0.1) is 0 Å². The molecule has 0 aromatic rings. The van der Waals surface area contributed by atoms with Gasteiger partial charge in [0.2, 0.25) is 6.04 Å². The molecule has 0 aromatic heterocycles. The van der Waals surface area contributed by atoms with Gasteiger partial charge in [0.05, 0.1) is 0 Å². The van der Waals surface area contributed by atoms with Crippen LogP contribution in [0.1, 0.15) is 52.9 Å². The van der Waals surface area contributed by atoms with Gasteiger partial charge in [0, 0.05) is 16.9 Å². The van der Waals surface area contributed by atoms with Crippen LogP contribution in [0.2, 0.25) is 0 Å². The molecular weight excluding hydrogens is 234 g/mol. The lowest BCUT2D eigenvalue weighted by atomic mass is 10.0. The van der Waals surface area contributed by atoms with Gasteiger partial charge in [-0.3, -0.25) is 10.1 Å². The zero-order valence-electron chi connectivity index (χ0n) is 11.5. The molecule has 0 radical (unpaired) electrons. The minimum absolute atomic E-state index is 0.354. The third-order valence-corrected chi connectivity index (χ3v) is 2.93. The summed E-state index contributed by atoms with van der Waals surface area (Å²) < 4.78 is 5.24. The van der Waals surface area contributed by atoms with E-state index in [4.69, 9.17) is 4.74 Å². The average Bonchev–Trinajstić information content (AvgIpc) is 2.34. The van der Waals surface area contributed by atoms with Crippen molar-refractivity contribution in [3.63, 3.8) is 0 Å². The van der Waals surface area contributed by atoms with Crippen molar-refractivity contribution in [2.75, 3.05) is 0 Å². The predicted molar refractivity (Wildman–Crippen MR) is 69.9 cm³/mol. The Balaban J connectivity index is 4.71. The summed E-state index contributed by atoms with van der Waals surface area (Å²) in [6.45, 7) is 9.12. The van der Waals surface area contributed by atoms with Crippen LogP contribution in [0, 0.1) is 10.1 Å². The number of carbonyl (C=O) groups is 1. The molecule has 0 aliphatic heterocycles. The molecule has 0 amide bonds. The van der Waals surface area contributed by atoms with Crippen LogP contribution in [-0.2, 0) is 9.53 Å². The van der Waals surface area contributed by atoms with E-state index < -0.39 is 18.1 Å². The summed E-state index contributed by atoms with van der Waals surface area (Å²) in [7, 11) is 0. The molecule has 0 aliphatic carbocycles. The van der Waals surface area contributed by atoms with E-state index in [2.05, 4.69) is 6.58 Å². The Morgan fingerprint density at radius 1 is 1.39 bits per heavy atom. The van der Waals surface area contributed by atoms with Gasteiger partial charge in [-0.2, -0.15) is 0 Å². The van der Waals surface area contributed by atoms with Crippen LogP contribution in [0.15, 0.2) is 12.2 Å². The van der Waals surface area contributed by atoms with Crippen LogP contribution in [0.25, 0.3) is 0 Å². The van der Waals surface area contributed by atoms with E-state index in [1.807, 2.05) is 6.92 Å². The minimum atomic E-state index is -0.829. The van der Waals surface area contributed by atoms with Gasteiger partial charge >= 0.3 is 5.97 Å². The number of ether oxygens (including phenoxy) is 1. The standard InChI is InChI=1S/C13H23NO4/c1-5-8-9-12(11(7-3)14(16)17)18-13(15)10(4)6-2/h11-12H,4-9H2,1-3H3. The normalized spacial score (nSPS) is 13.7. The third-order valence-electron chi connectivity index (χ3n) is 2.93. The van der Waals surface area contributed by atoms with Crippen molar-refractivity contribution in [3.05, 3.63) is 22.3 Å². The van der Waals surface area contributed by atoms with E-state index in [1.54, 1.807) is 13.8 Å². The Hall–Kier alpha value is -1.39. The molecule has 2 atom stereocenters. The summed E-state index contributed by atoms with van der Waals surface area (Å²) in [5.74, 6) is -0.515. The van der Waals surface area contributed by atoms with Gasteiger partial charge in [0.1, 0.15) is 0 Å². The number of hydrogen-bond acceptors (Lipinski definition) is 4. The summed E-state index contributed by atoms with van der Waals surface area (Å²) in [6, 6.07) is -0.829. The SMILES string of the molecule is C=C(CC)C(=O)OC(CCCC)C(CC)[N+](=O)[O-]. The van der Waals surface area contributed by atoms with Crippen LogP contribution < -0.4 is 0 Å². The molecule has 5 nitrogen and oxygen atoms in total. The number of nitrogens with zero attached hydrogens (tertiary/aromatic N) is 1. The van der Waals surface area contributed by atoms with E-state index in [0.29, 0.717) is 24.8 Å². The molecule has 0 aromatic carbocycles. The van der Waals surface area contributed by atoms with Gasteiger partial charge in [0.25, 0.3) is 0 Å². The van der Waals surface area contributed by atoms with E-state index in [0.717, 1.165) is 12.8 Å². The highest BCUT2D eigenvalue weighted by Crippen LogP contribution is 2.16. The maximum atomic E-state index is 11.6. The third kappa shape index (κ3) is 5.29. The predicted octanol–water partition coefficient (Wildman–Crippen LogP) is 3.11. The zero-order chi connectivity index (χ0) is 14.1. The van der Waals surface area contributed by atoms with E-state index >= 15 is 0 Å². The molecule has 0 saturated carbocycles. The highest BCUT2D eigenvalue weighted by molar-refractivity contribution is 5.87. The Bertz CT molecular complexity index is 301. The van der Waals surface area contributed by atoms with Gasteiger partial charge in [-0.25, -0.2) is 4.79 Å². The Labute approximate surface area is 108 Å². The quantitative estimate of drug-likeness (QED) is 0.275. The highest BCUT2D eigenvalue weighted by atomic mass is 16.6. The van der Waals surface area contributed by atoms with Gasteiger partial charge < -0.3 is 4.74 Å². The average molecular weight is 257 g/mol. The van der Waals surface area contributed by atoms with Crippen LogP contribution >= 0.6 is 0 Å². The number of rotatable bonds is 9. The summed E-state index contributed by atoms with van der Waals surface area (Å²) in [6.07, 6.45) is 2.44. The van der Waals surface area contributed by atoms with Crippen LogP contribution in [-0.4, -0.2) is 23.0 Å². The molecule has 0 fully saturated rings. The number of unbranched alkanes of at least 4 members (excludes halogenated alkanes) is 1. The van der Waals surface area contributed by atoms with Crippen LogP contribution in [0.4, 0.5) is 0 Å². The first-order chi connectivity index (χ1) is 8.47. The zero-order valence-corrected chi connectivity index (χ0v) is 11.5. The molecule has 0 rings (SSSR count). The Morgan fingerprint density at radius 3 is 2.39 bits per heavy atom. The molecule has 18 heavy (non-hydrogen) atoms. The van der Waals surface area contributed by atoms with Crippen molar-refractivity contribution in [2.45, 2.75) is 65.0 Å². The molecule has 0 N–H and O–H groups in total. The monoisotopic (exact) mass is 257 g/mol. The summed E-state index contributed by atoms with van der Waals surface area (Å²) in [5.41, 5.74) is 0.356. The van der Waals surface area contributed by atoms with Crippen molar-refractivity contribution in [2.24, 2.45) is 0 Å². The van der Waals surface area contributed by atoms with Crippen molar-refractivity contribution < 1.29 is 14.5 Å². The molecule has 2 unspecified atom stereocenters. The smallest absolute Gasteiger partial charge is 0.333 e. The number of nitro groups is 1. The molecular formula is C13H23NO4. The molecule has 5 heteroatoms. The number of carbonyl (C=O) groups excluding carboxylic acids is 1. The van der Waals surface area contributed by atoms with Crippen molar-refractivity contribution in [3.8, 4) is 0 Å². The first-order valence-corrected chi connectivity index (χ1v) is 6.50. The summed E-state index contributed by atoms with van der Waals surface area (Å²) in [4.78, 5) is 22.2. The Kier molecular flexibility index (Phi) is 8.00. The fourth-order valence-electron chi connectivity index (χ4n) is 1.65. The first-order valence-electron chi connectivity index (χ1n) is 6.50. The van der Waals surface area contributed by atoms with Crippen molar-refractivity contribution >= 4 is 5.97 Å².